The zero-order valence-electron chi connectivity index (χ0n) is 11.9. The van der Waals surface area contributed by atoms with E-state index in [1.165, 1.54) is 0 Å². The molecule has 0 aliphatic carbocycles. The molecule has 0 unspecified atom stereocenters. The maximum absolute atomic E-state index is 11.7. The Bertz CT molecular complexity index is 442. The first kappa shape index (κ1) is 16.5. The molecule has 1 aromatic rings. The fraction of sp³-hybridized carbons (Fsp3) is 0.467. The molecule has 20 heavy (non-hydrogen) atoms. The molecule has 1 aromatic carbocycles. The van der Waals surface area contributed by atoms with Crippen LogP contribution >= 0.6 is 11.6 Å². The van der Waals surface area contributed by atoms with Gasteiger partial charge in [0.2, 0.25) is 11.8 Å². The summed E-state index contributed by atoms with van der Waals surface area (Å²) < 4.78 is 0. The largest absolute Gasteiger partial charge is 0.350 e. The minimum atomic E-state index is -0.195. The molecular weight excluding hydrogens is 276 g/mol. The zero-order valence-corrected chi connectivity index (χ0v) is 12.7. The average molecular weight is 297 g/mol. The van der Waals surface area contributed by atoms with Gasteiger partial charge in [0.25, 0.3) is 0 Å². The molecular formula is C15H21ClN2O2. The second-order valence-electron chi connectivity index (χ2n) is 4.63. The lowest BCUT2D eigenvalue weighted by atomic mass is 10.0. The van der Waals surface area contributed by atoms with Crippen molar-refractivity contribution >= 4 is 23.4 Å². The first-order valence-corrected chi connectivity index (χ1v) is 7.23. The Morgan fingerprint density at radius 1 is 1.10 bits per heavy atom. The van der Waals surface area contributed by atoms with Crippen LogP contribution in [0.3, 0.4) is 0 Å². The van der Waals surface area contributed by atoms with Crippen LogP contribution in [-0.2, 0) is 16.1 Å². The molecule has 2 N–H and O–H groups in total. The SMILES string of the molecule is CCC(CC)C(=O)NCC(=O)NCc1ccc(Cl)cc1. The molecule has 0 aliphatic rings. The summed E-state index contributed by atoms with van der Waals surface area (Å²) in [6, 6.07) is 7.26. The molecule has 0 saturated carbocycles. The molecule has 1 rings (SSSR count). The summed E-state index contributed by atoms with van der Waals surface area (Å²) in [5, 5.41) is 6.07. The summed E-state index contributed by atoms with van der Waals surface area (Å²) in [6.07, 6.45) is 1.57. The third-order valence-electron chi connectivity index (χ3n) is 3.18. The van der Waals surface area contributed by atoms with Crippen molar-refractivity contribution in [2.75, 3.05) is 6.54 Å². The third-order valence-corrected chi connectivity index (χ3v) is 3.43. The quantitative estimate of drug-likeness (QED) is 0.812. The van der Waals surface area contributed by atoms with E-state index in [1.807, 2.05) is 26.0 Å². The zero-order chi connectivity index (χ0) is 15.0. The van der Waals surface area contributed by atoms with Crippen LogP contribution in [0.2, 0.25) is 5.02 Å². The number of amides is 2. The van der Waals surface area contributed by atoms with Gasteiger partial charge in [-0.05, 0) is 30.5 Å². The summed E-state index contributed by atoms with van der Waals surface area (Å²) in [5.74, 6) is -0.269. The Morgan fingerprint density at radius 3 is 2.25 bits per heavy atom. The third kappa shape index (κ3) is 5.61. The van der Waals surface area contributed by atoms with Gasteiger partial charge in [-0.1, -0.05) is 37.6 Å². The molecule has 110 valence electrons. The lowest BCUT2D eigenvalue weighted by Crippen LogP contribution is -2.39. The van der Waals surface area contributed by atoms with Gasteiger partial charge in [0.05, 0.1) is 6.54 Å². The topological polar surface area (TPSA) is 58.2 Å². The van der Waals surface area contributed by atoms with E-state index in [2.05, 4.69) is 10.6 Å². The van der Waals surface area contributed by atoms with E-state index >= 15 is 0 Å². The maximum atomic E-state index is 11.7. The predicted octanol–water partition coefficient (Wildman–Crippen LogP) is 2.51. The van der Waals surface area contributed by atoms with Gasteiger partial charge < -0.3 is 10.6 Å². The van der Waals surface area contributed by atoms with Crippen molar-refractivity contribution in [3.8, 4) is 0 Å². The van der Waals surface area contributed by atoms with Gasteiger partial charge in [-0.2, -0.15) is 0 Å². The normalized spacial score (nSPS) is 10.4. The number of halogens is 1. The number of nitrogens with one attached hydrogen (secondary N) is 2. The number of carbonyl (C=O) groups excluding carboxylic acids is 2. The average Bonchev–Trinajstić information content (AvgIpc) is 2.45. The van der Waals surface area contributed by atoms with Crippen LogP contribution in [-0.4, -0.2) is 18.4 Å². The fourth-order valence-corrected chi connectivity index (χ4v) is 1.96. The number of hydrogen-bond donors (Lipinski definition) is 2. The highest BCUT2D eigenvalue weighted by Gasteiger charge is 2.14. The van der Waals surface area contributed by atoms with E-state index < -0.39 is 0 Å². The highest BCUT2D eigenvalue weighted by atomic mass is 35.5. The van der Waals surface area contributed by atoms with Gasteiger partial charge in [-0.15, -0.1) is 0 Å². The first-order valence-electron chi connectivity index (χ1n) is 6.85. The Morgan fingerprint density at radius 2 is 1.70 bits per heavy atom. The Hall–Kier alpha value is -1.55. The van der Waals surface area contributed by atoms with Gasteiger partial charge in [0.15, 0.2) is 0 Å². The van der Waals surface area contributed by atoms with Crippen LogP contribution in [0, 0.1) is 5.92 Å². The number of hydrogen-bond acceptors (Lipinski definition) is 2. The molecule has 0 fully saturated rings. The second kappa shape index (κ2) is 8.59. The van der Waals surface area contributed by atoms with Gasteiger partial charge in [-0.3, -0.25) is 9.59 Å². The fourth-order valence-electron chi connectivity index (χ4n) is 1.84. The van der Waals surface area contributed by atoms with Crippen LogP contribution < -0.4 is 10.6 Å². The minimum absolute atomic E-state index is 0.0148. The molecule has 0 heterocycles. The second-order valence-corrected chi connectivity index (χ2v) is 5.07. The maximum Gasteiger partial charge on any atom is 0.239 e. The van der Waals surface area contributed by atoms with Crippen molar-refractivity contribution in [2.45, 2.75) is 33.2 Å². The summed E-state index contributed by atoms with van der Waals surface area (Å²) in [7, 11) is 0. The number of carbonyl (C=O) groups is 2. The number of benzene rings is 1. The van der Waals surface area contributed by atoms with Crippen LogP contribution in [0.25, 0.3) is 0 Å². The summed E-state index contributed by atoms with van der Waals surface area (Å²) in [4.78, 5) is 23.4. The van der Waals surface area contributed by atoms with E-state index in [0.717, 1.165) is 18.4 Å². The standard InChI is InChI=1S/C15H21ClN2O2/c1-3-12(4-2)15(20)18-10-14(19)17-9-11-5-7-13(16)8-6-11/h5-8,12H,3-4,9-10H2,1-2H3,(H,17,19)(H,18,20). The smallest absolute Gasteiger partial charge is 0.239 e. The molecule has 4 nitrogen and oxygen atoms in total. The molecule has 0 radical (unpaired) electrons. The van der Waals surface area contributed by atoms with Crippen molar-refractivity contribution < 1.29 is 9.59 Å². The van der Waals surface area contributed by atoms with Crippen molar-refractivity contribution in [3.63, 3.8) is 0 Å². The van der Waals surface area contributed by atoms with Crippen molar-refractivity contribution in [2.24, 2.45) is 5.92 Å². The van der Waals surface area contributed by atoms with E-state index in [0.29, 0.717) is 11.6 Å². The molecule has 0 spiro atoms. The lowest BCUT2D eigenvalue weighted by Gasteiger charge is -2.12. The van der Waals surface area contributed by atoms with Crippen molar-refractivity contribution in [3.05, 3.63) is 34.9 Å². The van der Waals surface area contributed by atoms with Gasteiger partial charge in [0, 0.05) is 17.5 Å². The molecule has 5 heteroatoms. The molecule has 0 bridgehead atoms. The van der Waals surface area contributed by atoms with Crippen LogP contribution in [0.4, 0.5) is 0 Å². The summed E-state index contributed by atoms with van der Waals surface area (Å²) >= 11 is 5.78. The van der Waals surface area contributed by atoms with Crippen LogP contribution in [0.1, 0.15) is 32.3 Å². The molecule has 0 aromatic heterocycles. The van der Waals surface area contributed by atoms with E-state index in [-0.39, 0.29) is 24.3 Å². The van der Waals surface area contributed by atoms with E-state index in [4.69, 9.17) is 11.6 Å². The Kier molecular flexibility index (Phi) is 7.09. The Labute approximate surface area is 124 Å². The van der Waals surface area contributed by atoms with Gasteiger partial charge in [0.1, 0.15) is 0 Å². The lowest BCUT2D eigenvalue weighted by molar-refractivity contribution is -0.128. The summed E-state index contributed by atoms with van der Waals surface area (Å²) in [5.41, 5.74) is 0.967. The van der Waals surface area contributed by atoms with E-state index in [9.17, 15) is 9.59 Å². The molecule has 2 amide bonds. The van der Waals surface area contributed by atoms with Crippen LogP contribution in [0.15, 0.2) is 24.3 Å². The predicted molar refractivity (Wildman–Crippen MR) is 80.4 cm³/mol. The Balaban J connectivity index is 2.30. The first-order chi connectivity index (χ1) is 9.56. The van der Waals surface area contributed by atoms with Crippen LogP contribution in [0.5, 0.6) is 0 Å². The van der Waals surface area contributed by atoms with Gasteiger partial charge >= 0.3 is 0 Å². The molecule has 0 aliphatic heterocycles. The highest BCUT2D eigenvalue weighted by molar-refractivity contribution is 6.30. The monoisotopic (exact) mass is 296 g/mol. The highest BCUT2D eigenvalue weighted by Crippen LogP contribution is 2.09. The number of rotatable bonds is 7. The van der Waals surface area contributed by atoms with Gasteiger partial charge in [-0.25, -0.2) is 0 Å². The minimum Gasteiger partial charge on any atom is -0.350 e. The summed E-state index contributed by atoms with van der Waals surface area (Å²) in [6.45, 7) is 4.38. The van der Waals surface area contributed by atoms with Crippen molar-refractivity contribution in [1.82, 2.24) is 10.6 Å². The molecule has 0 saturated heterocycles. The van der Waals surface area contributed by atoms with E-state index in [1.54, 1.807) is 12.1 Å². The van der Waals surface area contributed by atoms with Crippen molar-refractivity contribution in [1.29, 1.82) is 0 Å². The molecule has 0 atom stereocenters.